The van der Waals surface area contributed by atoms with E-state index >= 15 is 0 Å². The van der Waals surface area contributed by atoms with E-state index < -0.39 is 0 Å². The van der Waals surface area contributed by atoms with Gasteiger partial charge in [-0.3, -0.25) is 4.79 Å². The van der Waals surface area contributed by atoms with Crippen molar-refractivity contribution in [1.29, 1.82) is 0 Å². The first-order valence-electron chi connectivity index (χ1n) is 9.15. The van der Waals surface area contributed by atoms with Crippen LogP contribution in [0, 0.1) is 12.7 Å². The summed E-state index contributed by atoms with van der Waals surface area (Å²) >= 11 is 0. The van der Waals surface area contributed by atoms with Gasteiger partial charge in [-0.15, -0.1) is 0 Å². The molecule has 0 aliphatic carbocycles. The molecule has 144 valence electrons. The number of benzene rings is 1. The minimum atomic E-state index is -0.352. The summed E-state index contributed by atoms with van der Waals surface area (Å²) in [6.07, 6.45) is 3.11. The van der Waals surface area contributed by atoms with Crippen LogP contribution in [0.4, 0.5) is 4.39 Å². The summed E-state index contributed by atoms with van der Waals surface area (Å²) < 4.78 is 15.6. The lowest BCUT2D eigenvalue weighted by Gasteiger charge is -2.32. The van der Waals surface area contributed by atoms with Crippen molar-refractivity contribution in [2.24, 2.45) is 0 Å². The molecule has 3 aromatic rings. The van der Waals surface area contributed by atoms with Gasteiger partial charge in [-0.1, -0.05) is 12.1 Å². The Hall–Kier alpha value is -3.13. The van der Waals surface area contributed by atoms with Gasteiger partial charge in [-0.25, -0.2) is 19.0 Å². The monoisotopic (exact) mass is 380 g/mol. The van der Waals surface area contributed by atoms with Crippen LogP contribution in [0.1, 0.15) is 16.1 Å². The van der Waals surface area contributed by atoms with Crippen LogP contribution in [0.2, 0.25) is 0 Å². The average molecular weight is 380 g/mol. The molecule has 0 atom stereocenters. The van der Waals surface area contributed by atoms with Gasteiger partial charge in [0, 0.05) is 37.9 Å². The van der Waals surface area contributed by atoms with E-state index in [1.54, 1.807) is 36.7 Å². The van der Waals surface area contributed by atoms with Crippen LogP contribution in [-0.2, 0) is 0 Å². The molecule has 0 N–H and O–H groups in total. The minimum Gasteiger partial charge on any atom is -0.336 e. The highest BCUT2D eigenvalue weighted by Gasteiger charge is 2.24. The lowest BCUT2D eigenvalue weighted by atomic mass is 10.1. The summed E-state index contributed by atoms with van der Waals surface area (Å²) in [6.45, 7) is 4.91. The maximum Gasteiger partial charge on any atom is 0.257 e. The second-order valence-electron chi connectivity index (χ2n) is 6.87. The largest absolute Gasteiger partial charge is 0.336 e. The number of piperazine rings is 1. The average Bonchev–Trinajstić information content (AvgIpc) is 3.10. The molecule has 1 aliphatic heterocycles. The first kappa shape index (κ1) is 18.2. The second-order valence-corrected chi connectivity index (χ2v) is 6.87. The Bertz CT molecular complexity index is 1010. The lowest BCUT2D eigenvalue weighted by Crippen LogP contribution is -2.47. The van der Waals surface area contributed by atoms with Crippen molar-refractivity contribution in [3.05, 3.63) is 59.8 Å². The molecule has 4 rings (SSSR count). The van der Waals surface area contributed by atoms with E-state index in [-0.39, 0.29) is 11.7 Å². The first-order valence-corrected chi connectivity index (χ1v) is 9.15. The quantitative estimate of drug-likeness (QED) is 0.697. The Morgan fingerprint density at radius 3 is 2.61 bits per heavy atom. The fourth-order valence-corrected chi connectivity index (χ4v) is 3.27. The number of halogens is 1. The highest BCUT2D eigenvalue weighted by Crippen LogP contribution is 2.21. The van der Waals surface area contributed by atoms with Gasteiger partial charge in [0.2, 0.25) is 0 Å². The molecule has 0 unspecified atom stereocenters. The van der Waals surface area contributed by atoms with Crippen molar-refractivity contribution in [2.45, 2.75) is 6.92 Å². The molecule has 0 radical (unpaired) electrons. The maximum absolute atomic E-state index is 14.1. The van der Waals surface area contributed by atoms with E-state index in [0.29, 0.717) is 41.6 Å². The van der Waals surface area contributed by atoms with Crippen LogP contribution < -0.4 is 0 Å². The number of hydrogen-bond acceptors (Lipinski definition) is 5. The van der Waals surface area contributed by atoms with Crippen molar-refractivity contribution in [3.8, 4) is 17.2 Å². The van der Waals surface area contributed by atoms with Gasteiger partial charge in [-0.2, -0.15) is 5.10 Å². The van der Waals surface area contributed by atoms with Gasteiger partial charge in [-0.05, 0) is 32.2 Å². The maximum atomic E-state index is 14.1. The van der Waals surface area contributed by atoms with Gasteiger partial charge < -0.3 is 9.80 Å². The third-order valence-corrected chi connectivity index (χ3v) is 5.01. The molecule has 0 bridgehead atoms. The van der Waals surface area contributed by atoms with Crippen molar-refractivity contribution < 1.29 is 9.18 Å². The van der Waals surface area contributed by atoms with Crippen LogP contribution in [0.3, 0.4) is 0 Å². The number of likely N-dealkylation sites (N-methyl/N-ethyl adjacent to an activating group) is 1. The Labute approximate surface area is 162 Å². The number of carbonyl (C=O) groups excluding carboxylic acids is 1. The Morgan fingerprint density at radius 2 is 1.86 bits per heavy atom. The summed E-state index contributed by atoms with van der Waals surface area (Å²) in [5, 5.41) is 4.31. The smallest absolute Gasteiger partial charge is 0.257 e. The van der Waals surface area contributed by atoms with Gasteiger partial charge >= 0.3 is 0 Å². The lowest BCUT2D eigenvalue weighted by molar-refractivity contribution is 0.0663. The van der Waals surface area contributed by atoms with Gasteiger partial charge in [0.05, 0.1) is 23.1 Å². The molecule has 3 heterocycles. The molecule has 1 aromatic carbocycles. The fourth-order valence-electron chi connectivity index (χ4n) is 3.27. The Kier molecular flexibility index (Phi) is 4.87. The zero-order valence-corrected chi connectivity index (χ0v) is 15.8. The Morgan fingerprint density at radius 1 is 1.11 bits per heavy atom. The highest BCUT2D eigenvalue weighted by molar-refractivity contribution is 5.95. The number of hydrogen-bond donors (Lipinski definition) is 0. The predicted octanol–water partition coefficient (Wildman–Crippen LogP) is 2.16. The van der Waals surface area contributed by atoms with Crippen molar-refractivity contribution in [3.63, 3.8) is 0 Å². The van der Waals surface area contributed by atoms with Crippen molar-refractivity contribution >= 4 is 5.91 Å². The van der Waals surface area contributed by atoms with E-state index in [1.165, 1.54) is 10.7 Å². The zero-order valence-electron chi connectivity index (χ0n) is 15.8. The molecule has 1 fully saturated rings. The van der Waals surface area contributed by atoms with Crippen LogP contribution in [0.25, 0.3) is 17.2 Å². The molecule has 0 spiro atoms. The zero-order chi connectivity index (χ0) is 19.7. The molecule has 1 saturated heterocycles. The van der Waals surface area contributed by atoms with Gasteiger partial charge in [0.1, 0.15) is 5.82 Å². The third-order valence-electron chi connectivity index (χ3n) is 5.01. The minimum absolute atomic E-state index is 0.0397. The summed E-state index contributed by atoms with van der Waals surface area (Å²) in [6, 6.07) is 8.10. The highest BCUT2D eigenvalue weighted by atomic mass is 19.1. The van der Waals surface area contributed by atoms with Gasteiger partial charge in [0.25, 0.3) is 11.9 Å². The molecular weight excluding hydrogens is 359 g/mol. The van der Waals surface area contributed by atoms with Gasteiger partial charge in [0.15, 0.2) is 0 Å². The van der Waals surface area contributed by atoms with Crippen molar-refractivity contribution in [2.75, 3.05) is 33.2 Å². The third kappa shape index (κ3) is 3.38. The molecular formula is C20H21FN6O. The summed E-state index contributed by atoms with van der Waals surface area (Å²) in [7, 11) is 2.05. The van der Waals surface area contributed by atoms with E-state index in [0.717, 1.165) is 13.1 Å². The van der Waals surface area contributed by atoms with E-state index in [4.69, 9.17) is 0 Å². The molecule has 28 heavy (non-hydrogen) atoms. The number of amides is 1. The molecule has 8 heteroatoms. The summed E-state index contributed by atoms with van der Waals surface area (Å²) in [5.41, 5.74) is 2.05. The normalized spacial score (nSPS) is 15.0. The molecule has 0 saturated carbocycles. The van der Waals surface area contributed by atoms with Crippen LogP contribution in [0.15, 0.2) is 42.7 Å². The number of rotatable bonds is 3. The summed E-state index contributed by atoms with van der Waals surface area (Å²) in [5.74, 6) is -0.0898. The fraction of sp³-hybridized carbons (Fsp3) is 0.300. The predicted molar refractivity (Wildman–Crippen MR) is 103 cm³/mol. The SMILES string of the molecule is Cc1c(C(=O)N2CCN(C)CC2)cnn1-c1nccc(-c2ccccc2F)n1. The number of nitrogens with zero attached hydrogens (tertiary/aromatic N) is 6. The van der Waals surface area contributed by atoms with E-state index in [2.05, 4.69) is 20.0 Å². The molecule has 2 aromatic heterocycles. The summed E-state index contributed by atoms with van der Waals surface area (Å²) in [4.78, 5) is 25.6. The van der Waals surface area contributed by atoms with Crippen LogP contribution >= 0.6 is 0 Å². The van der Waals surface area contributed by atoms with Crippen molar-refractivity contribution in [1.82, 2.24) is 29.5 Å². The van der Waals surface area contributed by atoms with Crippen LogP contribution in [0.5, 0.6) is 0 Å². The topological polar surface area (TPSA) is 67.2 Å². The van der Waals surface area contributed by atoms with Crippen LogP contribution in [-0.4, -0.2) is 68.7 Å². The van der Waals surface area contributed by atoms with E-state index in [9.17, 15) is 9.18 Å². The molecule has 7 nitrogen and oxygen atoms in total. The standard InChI is InChI=1S/C20H21FN6O/c1-14-16(19(28)26-11-9-25(2)10-12-26)13-23-27(14)20-22-8-7-18(24-20)15-5-3-4-6-17(15)21/h3-8,13H,9-12H2,1-2H3. The number of aromatic nitrogens is 4. The van der Waals surface area contributed by atoms with E-state index in [1.807, 2.05) is 18.9 Å². The first-order chi connectivity index (χ1) is 13.5. The molecule has 1 amide bonds. The second kappa shape index (κ2) is 7.47. The Balaban J connectivity index is 1.64. The number of carbonyl (C=O) groups is 1. The molecule has 1 aliphatic rings.